The summed E-state index contributed by atoms with van der Waals surface area (Å²) >= 11 is 7.27. The van der Waals surface area contributed by atoms with Crippen LogP contribution in [0.1, 0.15) is 25.8 Å². The molecule has 4 nitrogen and oxygen atoms in total. The van der Waals surface area contributed by atoms with E-state index in [1.165, 1.54) is 28.8 Å². The summed E-state index contributed by atoms with van der Waals surface area (Å²) in [5, 5.41) is 3.46. The van der Waals surface area contributed by atoms with Gasteiger partial charge in [-0.3, -0.25) is 9.59 Å². The second kappa shape index (κ2) is 11.1. The molecule has 150 valence electrons. The minimum atomic E-state index is -0.630. The Labute approximate surface area is 174 Å². The fourth-order valence-electron chi connectivity index (χ4n) is 2.52. The Kier molecular flexibility index (Phi) is 8.80. The van der Waals surface area contributed by atoms with E-state index in [9.17, 15) is 14.0 Å². The van der Waals surface area contributed by atoms with E-state index in [2.05, 4.69) is 5.32 Å². The van der Waals surface area contributed by atoms with Crippen LogP contribution >= 0.6 is 23.4 Å². The van der Waals surface area contributed by atoms with E-state index in [1.807, 2.05) is 19.1 Å². The van der Waals surface area contributed by atoms with Crippen LogP contribution in [0.2, 0.25) is 5.02 Å². The first kappa shape index (κ1) is 22.2. The fraction of sp³-hybridized carbons (Fsp3) is 0.333. The third-order valence-corrected chi connectivity index (χ3v) is 5.41. The molecule has 0 fully saturated rings. The molecule has 0 radical (unpaired) electrons. The molecule has 0 aliphatic rings. The van der Waals surface area contributed by atoms with Gasteiger partial charge < -0.3 is 10.2 Å². The number of benzene rings is 2. The molecule has 0 saturated heterocycles. The molecule has 0 bridgehead atoms. The monoisotopic (exact) mass is 422 g/mol. The van der Waals surface area contributed by atoms with Gasteiger partial charge in [-0.2, -0.15) is 0 Å². The summed E-state index contributed by atoms with van der Waals surface area (Å²) < 4.78 is 13.2. The zero-order valence-corrected chi connectivity index (χ0v) is 17.5. The lowest BCUT2D eigenvalue weighted by Gasteiger charge is -2.28. The van der Waals surface area contributed by atoms with Gasteiger partial charge in [0.05, 0.1) is 5.75 Å². The lowest BCUT2D eigenvalue weighted by atomic mass is 10.1. The van der Waals surface area contributed by atoms with Crippen molar-refractivity contribution in [1.29, 1.82) is 0 Å². The Balaban J connectivity index is 2.10. The van der Waals surface area contributed by atoms with E-state index in [0.717, 1.165) is 16.9 Å². The Morgan fingerprint density at radius 1 is 1.14 bits per heavy atom. The molecule has 0 aliphatic carbocycles. The highest BCUT2D eigenvalue weighted by molar-refractivity contribution is 8.00. The van der Waals surface area contributed by atoms with Crippen LogP contribution < -0.4 is 5.32 Å². The molecular formula is C21H24ClFN2O2S. The van der Waals surface area contributed by atoms with Crippen molar-refractivity contribution in [3.63, 3.8) is 0 Å². The van der Waals surface area contributed by atoms with Crippen LogP contribution in [0.15, 0.2) is 53.4 Å². The van der Waals surface area contributed by atoms with Gasteiger partial charge in [-0.25, -0.2) is 4.39 Å². The number of nitrogens with one attached hydrogen (secondary N) is 1. The molecule has 2 rings (SSSR count). The van der Waals surface area contributed by atoms with Crippen LogP contribution in [0.4, 0.5) is 4.39 Å². The molecule has 0 heterocycles. The number of rotatable bonds is 9. The first-order valence-electron chi connectivity index (χ1n) is 9.10. The highest BCUT2D eigenvalue weighted by Crippen LogP contribution is 2.22. The molecular weight excluding hydrogens is 399 g/mol. The highest BCUT2D eigenvalue weighted by atomic mass is 35.5. The second-order valence-electron chi connectivity index (χ2n) is 6.36. The van der Waals surface area contributed by atoms with Gasteiger partial charge in [0.2, 0.25) is 11.8 Å². The van der Waals surface area contributed by atoms with Crippen LogP contribution in [0, 0.1) is 5.82 Å². The van der Waals surface area contributed by atoms with Gasteiger partial charge in [0.1, 0.15) is 11.9 Å². The van der Waals surface area contributed by atoms with E-state index in [-0.39, 0.29) is 29.9 Å². The molecule has 0 aromatic heterocycles. The van der Waals surface area contributed by atoms with Crippen molar-refractivity contribution >= 4 is 35.2 Å². The number of hydrogen-bond acceptors (Lipinski definition) is 3. The standard InChI is InChI=1S/C21H24ClFN2O2S/c1-3-12-24-21(27)15(2)25(13-16-4-8-18(23)9-5-16)20(26)14-28-19-10-6-17(22)7-11-19/h4-11,15H,3,12-14H2,1-2H3,(H,24,27)/t15-/m1/s1. The van der Waals surface area contributed by atoms with E-state index < -0.39 is 6.04 Å². The predicted octanol–water partition coefficient (Wildman–Crippen LogP) is 4.51. The molecule has 2 amide bonds. The Bertz CT molecular complexity index is 784. The largest absolute Gasteiger partial charge is 0.354 e. The average molecular weight is 423 g/mol. The molecule has 2 aromatic carbocycles. The molecule has 28 heavy (non-hydrogen) atoms. The maximum absolute atomic E-state index is 13.2. The zero-order valence-electron chi connectivity index (χ0n) is 16.0. The number of amides is 2. The third-order valence-electron chi connectivity index (χ3n) is 4.16. The van der Waals surface area contributed by atoms with Gasteiger partial charge in [0.15, 0.2) is 0 Å². The topological polar surface area (TPSA) is 49.4 Å². The number of nitrogens with zero attached hydrogens (tertiary/aromatic N) is 1. The average Bonchev–Trinajstić information content (AvgIpc) is 2.70. The highest BCUT2D eigenvalue weighted by Gasteiger charge is 2.25. The summed E-state index contributed by atoms with van der Waals surface area (Å²) in [5.41, 5.74) is 0.765. The van der Waals surface area contributed by atoms with Crippen LogP contribution in [0.5, 0.6) is 0 Å². The third kappa shape index (κ3) is 6.84. The number of carbonyl (C=O) groups is 2. The fourth-order valence-corrected chi connectivity index (χ4v) is 3.43. The smallest absolute Gasteiger partial charge is 0.242 e. The van der Waals surface area contributed by atoms with Crippen LogP contribution in [0.25, 0.3) is 0 Å². The van der Waals surface area contributed by atoms with Crippen molar-refractivity contribution in [2.45, 2.75) is 37.8 Å². The second-order valence-corrected chi connectivity index (χ2v) is 7.84. The quantitative estimate of drug-likeness (QED) is 0.604. The van der Waals surface area contributed by atoms with Gasteiger partial charge in [-0.05, 0) is 55.3 Å². The van der Waals surface area contributed by atoms with Gasteiger partial charge in [-0.1, -0.05) is 30.7 Å². The number of halogens is 2. The van der Waals surface area contributed by atoms with E-state index in [4.69, 9.17) is 11.6 Å². The first-order chi connectivity index (χ1) is 13.4. The Morgan fingerprint density at radius 2 is 1.79 bits per heavy atom. The SMILES string of the molecule is CCCNC(=O)[C@@H](C)N(Cc1ccc(F)cc1)C(=O)CSc1ccc(Cl)cc1. The Morgan fingerprint density at radius 3 is 2.39 bits per heavy atom. The van der Waals surface area contributed by atoms with E-state index in [1.54, 1.807) is 31.2 Å². The van der Waals surface area contributed by atoms with Crippen LogP contribution in [-0.4, -0.2) is 35.1 Å². The predicted molar refractivity (Wildman–Crippen MR) is 112 cm³/mol. The number of thioether (sulfide) groups is 1. The summed E-state index contributed by atoms with van der Waals surface area (Å²) in [6, 6.07) is 12.6. The van der Waals surface area contributed by atoms with Crippen molar-refractivity contribution in [1.82, 2.24) is 10.2 Å². The van der Waals surface area contributed by atoms with Crippen molar-refractivity contribution in [2.24, 2.45) is 0 Å². The summed E-state index contributed by atoms with van der Waals surface area (Å²) in [4.78, 5) is 27.8. The maximum atomic E-state index is 13.2. The lowest BCUT2D eigenvalue weighted by molar-refractivity contribution is -0.138. The summed E-state index contributed by atoms with van der Waals surface area (Å²) in [5.74, 6) is -0.514. The van der Waals surface area contributed by atoms with Crippen molar-refractivity contribution in [3.8, 4) is 0 Å². The van der Waals surface area contributed by atoms with E-state index >= 15 is 0 Å². The summed E-state index contributed by atoms with van der Waals surface area (Å²) in [6.45, 7) is 4.47. The molecule has 1 N–H and O–H groups in total. The zero-order chi connectivity index (χ0) is 20.5. The first-order valence-corrected chi connectivity index (χ1v) is 10.5. The summed E-state index contributed by atoms with van der Waals surface area (Å²) in [6.07, 6.45) is 0.816. The lowest BCUT2D eigenvalue weighted by Crippen LogP contribution is -2.48. The number of hydrogen-bond donors (Lipinski definition) is 1. The van der Waals surface area contributed by atoms with Gasteiger partial charge >= 0.3 is 0 Å². The molecule has 0 unspecified atom stereocenters. The minimum absolute atomic E-state index is 0.163. The van der Waals surface area contributed by atoms with Gasteiger partial charge in [0.25, 0.3) is 0 Å². The van der Waals surface area contributed by atoms with Crippen LogP contribution in [0.3, 0.4) is 0 Å². The molecule has 7 heteroatoms. The molecule has 0 saturated carbocycles. The summed E-state index contributed by atoms with van der Waals surface area (Å²) in [7, 11) is 0. The Hall–Kier alpha value is -2.05. The molecule has 0 aliphatic heterocycles. The van der Waals surface area contributed by atoms with Gasteiger partial charge in [-0.15, -0.1) is 11.8 Å². The van der Waals surface area contributed by atoms with Crippen molar-refractivity contribution in [2.75, 3.05) is 12.3 Å². The minimum Gasteiger partial charge on any atom is -0.354 e. The van der Waals surface area contributed by atoms with Crippen molar-refractivity contribution < 1.29 is 14.0 Å². The molecule has 2 aromatic rings. The van der Waals surface area contributed by atoms with Gasteiger partial charge in [0, 0.05) is 23.0 Å². The van der Waals surface area contributed by atoms with Crippen LogP contribution in [-0.2, 0) is 16.1 Å². The maximum Gasteiger partial charge on any atom is 0.242 e. The number of carbonyl (C=O) groups excluding carboxylic acids is 2. The molecule has 0 spiro atoms. The molecule has 1 atom stereocenters. The van der Waals surface area contributed by atoms with E-state index in [0.29, 0.717) is 11.6 Å². The normalized spacial score (nSPS) is 11.7. The van der Waals surface area contributed by atoms with Crippen molar-refractivity contribution in [3.05, 3.63) is 64.9 Å².